The minimum Gasteiger partial charge on any atom is -0.322 e. The van der Waals surface area contributed by atoms with Crippen LogP contribution in [0.3, 0.4) is 0 Å². The predicted octanol–water partition coefficient (Wildman–Crippen LogP) is 11.1. The summed E-state index contributed by atoms with van der Waals surface area (Å²) < 4.78 is 0. The molecule has 10 heteroatoms. The molecule has 2 aromatic heterocycles. The van der Waals surface area contributed by atoms with Crippen LogP contribution >= 0.6 is 23.1 Å². The molecule has 1 aliphatic carbocycles. The Labute approximate surface area is 311 Å². The van der Waals surface area contributed by atoms with Crippen LogP contribution in [-0.4, -0.2) is 27.0 Å². The average Bonchev–Trinajstić information content (AvgIpc) is 3.53. The zero-order valence-corrected chi connectivity index (χ0v) is 30.7. The first kappa shape index (κ1) is 35.0. The van der Waals surface area contributed by atoms with Crippen molar-refractivity contribution in [1.29, 1.82) is 0 Å². The molecular formula is C42H37N5O3S2. The molecule has 2 heterocycles. The maximum Gasteiger partial charge on any atom is 0.283 e. The number of rotatable bonds is 9. The van der Waals surface area contributed by atoms with Crippen LogP contribution in [0.2, 0.25) is 0 Å². The summed E-state index contributed by atoms with van der Waals surface area (Å²) in [7, 11) is 0. The second-order valence-electron chi connectivity index (χ2n) is 13.8. The average molecular weight is 724 g/mol. The van der Waals surface area contributed by atoms with E-state index in [1.807, 2.05) is 97.1 Å². The van der Waals surface area contributed by atoms with Crippen LogP contribution in [0.15, 0.2) is 130 Å². The second kappa shape index (κ2) is 15.0. The van der Waals surface area contributed by atoms with Crippen molar-refractivity contribution in [3.63, 3.8) is 0 Å². The maximum atomic E-state index is 13.8. The maximum absolute atomic E-state index is 13.8. The summed E-state index contributed by atoms with van der Waals surface area (Å²) in [5.41, 5.74) is 6.26. The molecule has 0 radical (unpaired) electrons. The normalized spacial score (nSPS) is 14.2. The molecule has 1 atom stereocenters. The summed E-state index contributed by atoms with van der Waals surface area (Å²) in [6.07, 6.45) is 4.30. The molecule has 0 aliphatic heterocycles. The molecule has 1 N–H and O–H groups in total. The Morgan fingerprint density at radius 2 is 1.52 bits per heavy atom. The molecule has 260 valence electrons. The number of nitro groups is 1. The minimum atomic E-state index is -0.395. The molecule has 0 saturated carbocycles. The van der Waals surface area contributed by atoms with Crippen molar-refractivity contribution >= 4 is 51.6 Å². The summed E-state index contributed by atoms with van der Waals surface area (Å²) in [4.78, 5) is 41.8. The lowest BCUT2D eigenvalue weighted by atomic mass is 9.72. The van der Waals surface area contributed by atoms with Gasteiger partial charge in [-0.2, -0.15) is 0 Å². The molecule has 4 aromatic carbocycles. The summed E-state index contributed by atoms with van der Waals surface area (Å²) in [5, 5.41) is 16.5. The van der Waals surface area contributed by atoms with Crippen molar-refractivity contribution in [2.45, 2.75) is 50.1 Å². The van der Waals surface area contributed by atoms with Crippen LogP contribution in [0, 0.1) is 21.4 Å². The van der Waals surface area contributed by atoms with Gasteiger partial charge in [0.1, 0.15) is 5.00 Å². The number of hydrogen-bond acceptors (Lipinski definition) is 8. The van der Waals surface area contributed by atoms with Crippen LogP contribution in [0.5, 0.6) is 0 Å². The Balaban J connectivity index is 1.21. The van der Waals surface area contributed by atoms with E-state index in [0.717, 1.165) is 59.1 Å². The second-order valence-corrected chi connectivity index (χ2v) is 15.9. The van der Waals surface area contributed by atoms with Crippen molar-refractivity contribution in [3.8, 4) is 22.5 Å². The van der Waals surface area contributed by atoms with Gasteiger partial charge >= 0.3 is 0 Å². The number of para-hydroxylation sites is 1. The fourth-order valence-corrected chi connectivity index (χ4v) is 8.54. The van der Waals surface area contributed by atoms with Gasteiger partial charge in [-0.1, -0.05) is 106 Å². The molecule has 7 rings (SSSR count). The van der Waals surface area contributed by atoms with E-state index in [1.54, 1.807) is 29.7 Å². The number of carbonyl (C=O) groups excluding carboxylic acids is 1. The van der Waals surface area contributed by atoms with Crippen LogP contribution in [0.25, 0.3) is 22.5 Å². The fourth-order valence-electron chi connectivity index (χ4n) is 6.41. The largest absolute Gasteiger partial charge is 0.322 e. The molecule has 1 aliphatic rings. The van der Waals surface area contributed by atoms with Crippen molar-refractivity contribution < 1.29 is 9.72 Å². The highest BCUT2D eigenvalue weighted by atomic mass is 32.2. The number of aromatic nitrogens is 2. The van der Waals surface area contributed by atoms with Crippen LogP contribution in [0.4, 0.5) is 16.4 Å². The van der Waals surface area contributed by atoms with Gasteiger partial charge in [0.05, 0.1) is 26.8 Å². The van der Waals surface area contributed by atoms with Gasteiger partial charge in [-0.05, 0) is 77.7 Å². The molecule has 0 saturated heterocycles. The summed E-state index contributed by atoms with van der Waals surface area (Å²) in [6.45, 7) is 6.80. The Hall–Kier alpha value is -5.45. The molecule has 6 aromatic rings. The van der Waals surface area contributed by atoms with E-state index in [1.165, 1.54) is 10.9 Å². The zero-order chi connectivity index (χ0) is 36.2. The number of anilines is 1. The van der Waals surface area contributed by atoms with Gasteiger partial charge in [0.15, 0.2) is 5.16 Å². The lowest BCUT2D eigenvalue weighted by Gasteiger charge is -2.33. The van der Waals surface area contributed by atoms with Gasteiger partial charge in [-0.3, -0.25) is 14.9 Å². The third kappa shape index (κ3) is 7.88. The first-order valence-electron chi connectivity index (χ1n) is 17.1. The highest BCUT2D eigenvalue weighted by Crippen LogP contribution is 2.45. The number of nitro benzene ring substituents is 1. The van der Waals surface area contributed by atoms with Gasteiger partial charge in [0, 0.05) is 34.0 Å². The Morgan fingerprint density at radius 3 is 2.12 bits per heavy atom. The standard InChI is InChI=1S/C42H37N5O3S2/c1-42(2,3)30-20-21-32-37(24-30)51-40(38(32)39(48)44-31-17-11-6-12-18-31)43-26-27-19-22-36(35(23-27)47(49)50)52-41-45-33(28-13-7-4-8-14-28)25-34(46-41)29-15-9-5-10-16-29/h4-19,22-23,25-26,30H,20-21,24H2,1-3H3,(H,44,48)/t30-/m0/s1. The third-order valence-corrected chi connectivity index (χ3v) is 11.4. The van der Waals surface area contributed by atoms with E-state index in [9.17, 15) is 14.9 Å². The highest BCUT2D eigenvalue weighted by Gasteiger charge is 2.34. The lowest BCUT2D eigenvalue weighted by Crippen LogP contribution is -2.27. The van der Waals surface area contributed by atoms with E-state index in [0.29, 0.717) is 37.8 Å². The lowest BCUT2D eigenvalue weighted by molar-refractivity contribution is -0.387. The quantitative estimate of drug-likeness (QED) is 0.0688. The van der Waals surface area contributed by atoms with Crippen LogP contribution in [0.1, 0.15) is 53.6 Å². The Kier molecular flexibility index (Phi) is 10.1. The first-order valence-corrected chi connectivity index (χ1v) is 18.8. The van der Waals surface area contributed by atoms with E-state index in [2.05, 4.69) is 26.1 Å². The van der Waals surface area contributed by atoms with Crippen LogP contribution in [-0.2, 0) is 12.8 Å². The number of fused-ring (bicyclic) bond motifs is 1. The monoisotopic (exact) mass is 723 g/mol. The summed E-state index contributed by atoms with van der Waals surface area (Å²) in [5.74, 6) is 0.296. The van der Waals surface area contributed by atoms with E-state index in [-0.39, 0.29) is 17.0 Å². The Bertz CT molecular complexity index is 2210. The van der Waals surface area contributed by atoms with Crippen molar-refractivity contribution in [3.05, 3.63) is 147 Å². The van der Waals surface area contributed by atoms with Gasteiger partial charge in [-0.15, -0.1) is 11.3 Å². The van der Waals surface area contributed by atoms with E-state index < -0.39 is 4.92 Å². The number of amides is 1. The number of carbonyl (C=O) groups is 1. The number of nitrogens with zero attached hydrogens (tertiary/aromatic N) is 4. The SMILES string of the molecule is CC(C)(C)[C@H]1CCc2c(sc(N=Cc3ccc(Sc4nc(-c5ccccc5)cc(-c5ccccc5)n4)c([N+](=O)[O-])c3)c2C(=O)Nc2ccccc2)C1. The van der Waals surface area contributed by atoms with Crippen molar-refractivity contribution in [1.82, 2.24) is 9.97 Å². The zero-order valence-electron chi connectivity index (χ0n) is 29.1. The predicted molar refractivity (Wildman–Crippen MR) is 211 cm³/mol. The van der Waals surface area contributed by atoms with Crippen molar-refractivity contribution in [2.75, 3.05) is 5.32 Å². The van der Waals surface area contributed by atoms with E-state index >= 15 is 0 Å². The first-order chi connectivity index (χ1) is 25.1. The number of aliphatic imine (C=N–C) groups is 1. The molecule has 0 bridgehead atoms. The van der Waals surface area contributed by atoms with Gasteiger partial charge in [0.25, 0.3) is 11.6 Å². The molecule has 52 heavy (non-hydrogen) atoms. The number of hydrogen-bond donors (Lipinski definition) is 1. The topological polar surface area (TPSA) is 110 Å². The van der Waals surface area contributed by atoms with Gasteiger partial charge < -0.3 is 5.32 Å². The number of benzene rings is 4. The number of thiophene rings is 1. The number of nitrogens with one attached hydrogen (secondary N) is 1. The molecule has 0 spiro atoms. The third-order valence-electron chi connectivity index (χ3n) is 9.29. The smallest absolute Gasteiger partial charge is 0.283 e. The van der Waals surface area contributed by atoms with E-state index in [4.69, 9.17) is 15.0 Å². The van der Waals surface area contributed by atoms with Crippen molar-refractivity contribution in [2.24, 2.45) is 16.3 Å². The Morgan fingerprint density at radius 1 is 0.904 bits per heavy atom. The minimum absolute atomic E-state index is 0.0792. The van der Waals surface area contributed by atoms with Crippen LogP contribution < -0.4 is 5.32 Å². The molecule has 0 fully saturated rings. The van der Waals surface area contributed by atoms with Gasteiger partial charge in [0.2, 0.25) is 0 Å². The molecule has 0 unspecified atom stereocenters. The van der Waals surface area contributed by atoms with Gasteiger partial charge in [-0.25, -0.2) is 15.0 Å². The molecular weight excluding hydrogens is 687 g/mol. The molecule has 1 amide bonds. The highest BCUT2D eigenvalue weighted by molar-refractivity contribution is 7.99. The summed E-state index contributed by atoms with van der Waals surface area (Å²) >= 11 is 2.69. The molecule has 8 nitrogen and oxygen atoms in total. The fraction of sp³-hybridized carbons (Fsp3) is 0.190. The summed E-state index contributed by atoms with van der Waals surface area (Å²) in [6, 6.07) is 35.9.